The lowest BCUT2D eigenvalue weighted by Crippen LogP contribution is -2.46. The van der Waals surface area contributed by atoms with E-state index >= 15 is 0 Å². The Morgan fingerprint density at radius 3 is 2.77 bits per heavy atom. The molecule has 9 heteroatoms. The largest absolute Gasteiger partial charge is 0.383 e. The summed E-state index contributed by atoms with van der Waals surface area (Å²) in [5, 5.41) is 4.11. The van der Waals surface area contributed by atoms with Gasteiger partial charge in [-0.1, -0.05) is 28.0 Å². The average Bonchev–Trinajstić information content (AvgIpc) is 3.26. The zero-order chi connectivity index (χ0) is 21.5. The summed E-state index contributed by atoms with van der Waals surface area (Å²) >= 11 is 3.42. The van der Waals surface area contributed by atoms with Crippen molar-refractivity contribution in [2.24, 2.45) is 0 Å². The molecule has 0 radical (unpaired) electrons. The number of piperidine rings is 1. The second-order valence-corrected chi connectivity index (χ2v) is 8.14. The lowest BCUT2D eigenvalue weighted by Gasteiger charge is -2.35. The monoisotopic (exact) mass is 478 g/mol. The average molecular weight is 479 g/mol. The molecule has 2 aromatic rings. The Kier molecular flexibility index (Phi) is 7.98. The molecular formula is C21H27BrN4O4. The molecule has 162 valence electrons. The van der Waals surface area contributed by atoms with Crippen molar-refractivity contribution in [2.75, 3.05) is 33.4 Å². The molecular weight excluding hydrogens is 452 g/mol. The van der Waals surface area contributed by atoms with E-state index in [1.807, 2.05) is 24.3 Å². The number of carbonyl (C=O) groups is 2. The van der Waals surface area contributed by atoms with Gasteiger partial charge in [0.05, 0.1) is 13.2 Å². The molecule has 1 aromatic carbocycles. The van der Waals surface area contributed by atoms with Crippen LogP contribution in [0.2, 0.25) is 0 Å². The first-order valence-corrected chi connectivity index (χ1v) is 11.0. The third-order valence-corrected chi connectivity index (χ3v) is 5.73. The first-order chi connectivity index (χ1) is 14.5. The molecule has 1 atom stereocenters. The zero-order valence-corrected chi connectivity index (χ0v) is 18.9. The molecule has 1 fully saturated rings. The Hall–Kier alpha value is -2.26. The minimum Gasteiger partial charge on any atom is -0.383 e. The maximum atomic E-state index is 13.1. The van der Waals surface area contributed by atoms with Gasteiger partial charge in [0.1, 0.15) is 6.04 Å². The number of rotatable bonds is 8. The Morgan fingerprint density at radius 2 is 2.07 bits per heavy atom. The van der Waals surface area contributed by atoms with Crippen molar-refractivity contribution in [3.8, 4) is 11.4 Å². The number of halogens is 1. The predicted octanol–water partition coefficient (Wildman–Crippen LogP) is 3.44. The fourth-order valence-corrected chi connectivity index (χ4v) is 3.81. The van der Waals surface area contributed by atoms with Gasteiger partial charge in [0.15, 0.2) is 0 Å². The first-order valence-electron chi connectivity index (χ1n) is 10.2. The van der Waals surface area contributed by atoms with Crippen molar-refractivity contribution >= 4 is 27.7 Å². The molecule has 2 heterocycles. The Labute approximate surface area is 184 Å². The van der Waals surface area contributed by atoms with E-state index in [4.69, 9.17) is 9.26 Å². The van der Waals surface area contributed by atoms with Crippen LogP contribution in [-0.4, -0.2) is 65.1 Å². The summed E-state index contributed by atoms with van der Waals surface area (Å²) in [7, 11) is 1.58. The molecule has 8 nitrogen and oxygen atoms in total. The summed E-state index contributed by atoms with van der Waals surface area (Å²) in [4.78, 5) is 33.2. The van der Waals surface area contributed by atoms with Crippen LogP contribution in [-0.2, 0) is 14.3 Å². The van der Waals surface area contributed by atoms with Gasteiger partial charge in [-0.3, -0.25) is 9.59 Å². The molecule has 2 amide bonds. The van der Waals surface area contributed by atoms with Crippen LogP contribution in [0.3, 0.4) is 0 Å². The zero-order valence-electron chi connectivity index (χ0n) is 17.3. The predicted molar refractivity (Wildman–Crippen MR) is 114 cm³/mol. The maximum absolute atomic E-state index is 13.1. The molecule has 0 saturated carbocycles. The van der Waals surface area contributed by atoms with Crippen molar-refractivity contribution in [1.29, 1.82) is 0 Å². The Morgan fingerprint density at radius 1 is 1.30 bits per heavy atom. The van der Waals surface area contributed by atoms with E-state index in [9.17, 15) is 9.59 Å². The van der Waals surface area contributed by atoms with Gasteiger partial charge in [-0.15, -0.1) is 0 Å². The standard InChI is InChI=1S/C21H27BrN4O4/c1-3-18(27)25(12-13-29-2)14-19(28)26-11-5-4-6-17(26)21-23-20(24-30-21)15-7-9-16(22)10-8-15/h7-10,17H,3-6,11-14H2,1-2H3. The van der Waals surface area contributed by atoms with Crippen LogP contribution in [0.1, 0.15) is 44.5 Å². The van der Waals surface area contributed by atoms with E-state index in [0.717, 1.165) is 29.3 Å². The van der Waals surface area contributed by atoms with Gasteiger partial charge >= 0.3 is 0 Å². The molecule has 0 bridgehead atoms. The molecule has 0 N–H and O–H groups in total. The van der Waals surface area contributed by atoms with Gasteiger partial charge in [0, 0.05) is 36.7 Å². The summed E-state index contributed by atoms with van der Waals surface area (Å²) in [6.45, 7) is 3.21. The van der Waals surface area contributed by atoms with Crippen LogP contribution in [0.15, 0.2) is 33.3 Å². The molecule has 3 rings (SSSR count). The number of hydrogen-bond donors (Lipinski definition) is 0. The van der Waals surface area contributed by atoms with Gasteiger partial charge < -0.3 is 19.1 Å². The van der Waals surface area contributed by atoms with E-state index in [1.165, 1.54) is 0 Å². The summed E-state index contributed by atoms with van der Waals surface area (Å²) < 4.78 is 11.6. The van der Waals surface area contributed by atoms with Crippen LogP contribution >= 0.6 is 15.9 Å². The molecule has 1 saturated heterocycles. The highest BCUT2D eigenvalue weighted by Gasteiger charge is 2.33. The number of nitrogens with zero attached hydrogens (tertiary/aromatic N) is 4. The van der Waals surface area contributed by atoms with Crippen molar-refractivity contribution in [2.45, 2.75) is 38.6 Å². The van der Waals surface area contributed by atoms with Gasteiger partial charge in [-0.2, -0.15) is 4.98 Å². The van der Waals surface area contributed by atoms with E-state index in [1.54, 1.807) is 23.8 Å². The van der Waals surface area contributed by atoms with Crippen LogP contribution in [0, 0.1) is 0 Å². The van der Waals surface area contributed by atoms with E-state index in [0.29, 0.717) is 37.8 Å². The quantitative estimate of drug-likeness (QED) is 0.577. The fraction of sp³-hybridized carbons (Fsp3) is 0.524. The molecule has 30 heavy (non-hydrogen) atoms. The Balaban J connectivity index is 1.75. The molecule has 0 aliphatic carbocycles. The molecule has 0 spiro atoms. The summed E-state index contributed by atoms with van der Waals surface area (Å²) in [6.07, 6.45) is 3.00. The summed E-state index contributed by atoms with van der Waals surface area (Å²) in [6, 6.07) is 7.38. The number of likely N-dealkylation sites (tertiary alicyclic amines) is 1. The second-order valence-electron chi connectivity index (χ2n) is 7.22. The smallest absolute Gasteiger partial charge is 0.249 e. The second kappa shape index (κ2) is 10.7. The van der Waals surface area contributed by atoms with E-state index < -0.39 is 0 Å². The first kappa shape index (κ1) is 22.4. The van der Waals surface area contributed by atoms with Gasteiger partial charge in [0.25, 0.3) is 0 Å². The number of ether oxygens (including phenoxy) is 1. The minimum atomic E-state index is -0.274. The number of hydrogen-bond acceptors (Lipinski definition) is 6. The maximum Gasteiger partial charge on any atom is 0.249 e. The molecule has 1 aromatic heterocycles. The Bertz CT molecular complexity index is 855. The molecule has 1 aliphatic heterocycles. The van der Waals surface area contributed by atoms with E-state index in [2.05, 4.69) is 26.1 Å². The number of benzene rings is 1. The van der Waals surface area contributed by atoms with E-state index in [-0.39, 0.29) is 24.4 Å². The molecule has 1 aliphatic rings. The highest BCUT2D eigenvalue weighted by atomic mass is 79.9. The highest BCUT2D eigenvalue weighted by molar-refractivity contribution is 9.10. The van der Waals surface area contributed by atoms with Gasteiger partial charge in [0.2, 0.25) is 23.5 Å². The topological polar surface area (TPSA) is 88.8 Å². The molecule has 1 unspecified atom stereocenters. The van der Waals surface area contributed by atoms with Gasteiger partial charge in [-0.05, 0) is 43.5 Å². The number of amides is 2. The van der Waals surface area contributed by atoms with Crippen LogP contribution < -0.4 is 0 Å². The van der Waals surface area contributed by atoms with Crippen molar-refractivity contribution in [3.05, 3.63) is 34.6 Å². The van der Waals surface area contributed by atoms with Crippen molar-refractivity contribution in [1.82, 2.24) is 19.9 Å². The van der Waals surface area contributed by atoms with Crippen LogP contribution in [0.5, 0.6) is 0 Å². The van der Waals surface area contributed by atoms with Crippen LogP contribution in [0.25, 0.3) is 11.4 Å². The van der Waals surface area contributed by atoms with Crippen molar-refractivity contribution < 1.29 is 18.8 Å². The lowest BCUT2D eigenvalue weighted by molar-refractivity contribution is -0.143. The third-order valence-electron chi connectivity index (χ3n) is 5.20. The number of carbonyl (C=O) groups excluding carboxylic acids is 2. The lowest BCUT2D eigenvalue weighted by atomic mass is 10.0. The minimum absolute atomic E-state index is 0.0280. The highest BCUT2D eigenvalue weighted by Crippen LogP contribution is 2.31. The van der Waals surface area contributed by atoms with Gasteiger partial charge in [-0.25, -0.2) is 0 Å². The van der Waals surface area contributed by atoms with Crippen molar-refractivity contribution in [3.63, 3.8) is 0 Å². The fourth-order valence-electron chi connectivity index (χ4n) is 3.54. The summed E-state index contributed by atoms with van der Waals surface area (Å²) in [5.41, 5.74) is 0.848. The number of aromatic nitrogens is 2. The SMILES string of the molecule is CCC(=O)N(CCOC)CC(=O)N1CCCCC1c1nc(-c2ccc(Br)cc2)no1. The normalized spacial score (nSPS) is 16.5. The third kappa shape index (κ3) is 5.46. The summed E-state index contributed by atoms with van der Waals surface area (Å²) in [5.74, 6) is 0.759. The number of methoxy groups -OCH3 is 1. The van der Waals surface area contributed by atoms with Crippen LogP contribution in [0.4, 0.5) is 0 Å².